The molecule has 0 spiro atoms. The molecule has 0 saturated heterocycles. The maximum atomic E-state index is 12.6. The molecule has 2 radical (unpaired) electrons. The number of amides is 8. The van der Waals surface area contributed by atoms with Crippen LogP contribution in [0.25, 0.3) is 0 Å². The molecule has 4 atom stereocenters. The molecule has 4 aliphatic rings. The Hall–Kier alpha value is 0.247. The fraction of sp³-hybridized carbons (Fsp3) is 0.308. The molecular weight excluding hydrogens is 2420 g/mol. The van der Waals surface area contributed by atoms with E-state index in [9.17, 15) is 78.0 Å². The Morgan fingerprint density at radius 1 is 0.233 bits per heavy atom. The van der Waals surface area contributed by atoms with Gasteiger partial charge >= 0.3 is 23.9 Å². The molecule has 0 fully saturated rings. The van der Waals surface area contributed by atoms with Crippen molar-refractivity contribution in [3.05, 3.63) is 116 Å². The fourth-order valence-electron chi connectivity index (χ4n) is 9.25. The number of benzene rings is 4. The quantitative estimate of drug-likeness (QED) is 0.0443. The van der Waals surface area contributed by atoms with E-state index in [0.29, 0.717) is 71.6 Å². The SMILES string of the molecule is CC(C)C(C(=O)O)N1C(=O)c2c(Br)c(Br)c(Br)c(Br)c2C1=O.CC(C)C(C(=O)O)N1C(=O)c2c(Br)c(Br)c(Br)c(Br)c2C1=O.CC(C)[C@@H](C(=O)O)N1C(=O)c2c(Br)c(Br)c(Br)c(Br)c2C1=O.CC(C)[C@@H](C(=O)O)N1C(=O)c2c(Br)c(Br)c(Br)c(Br)c2C1=O.[Rh].[Rh]. The van der Waals surface area contributed by atoms with E-state index in [1.807, 2.05) is 0 Å². The van der Waals surface area contributed by atoms with Gasteiger partial charge in [0.15, 0.2) is 0 Å². The molecule has 4 aliphatic heterocycles. The molecule has 0 aromatic heterocycles. The molecule has 0 aliphatic carbocycles. The molecule has 0 bridgehead atoms. The van der Waals surface area contributed by atoms with Gasteiger partial charge in [0.25, 0.3) is 47.3 Å². The average molecular weight is 2460 g/mol. The fourth-order valence-corrected chi connectivity index (χ4v) is 19.1. The number of hydrogen-bond donors (Lipinski definition) is 4. The van der Waals surface area contributed by atoms with Crippen LogP contribution in [0, 0.1) is 23.7 Å². The molecule has 8 rings (SSSR count). The third kappa shape index (κ3) is 15.5. The predicted molar refractivity (Wildman–Crippen MR) is 376 cm³/mol. The molecule has 38 heteroatoms. The summed E-state index contributed by atoms with van der Waals surface area (Å²) < 4.78 is 7.81. The summed E-state index contributed by atoms with van der Waals surface area (Å²) in [5, 5.41) is 37.5. The number of rotatable bonds is 12. The normalized spacial score (nSPS) is 15.2. The summed E-state index contributed by atoms with van der Waals surface area (Å²) >= 11 is 52.9. The van der Waals surface area contributed by atoms with Crippen molar-refractivity contribution in [1.29, 1.82) is 0 Å². The van der Waals surface area contributed by atoms with Gasteiger partial charge in [0.2, 0.25) is 0 Å². The number of fused-ring (bicyclic) bond motifs is 4. The number of carboxylic acid groups (broad SMARTS) is 4. The van der Waals surface area contributed by atoms with Crippen LogP contribution in [-0.4, -0.2) is 135 Å². The van der Waals surface area contributed by atoms with Crippen LogP contribution in [0.3, 0.4) is 0 Å². The topological polar surface area (TPSA) is 299 Å². The van der Waals surface area contributed by atoms with Crippen molar-refractivity contribution < 1.29 is 117 Å². The first kappa shape index (κ1) is 84.5. The van der Waals surface area contributed by atoms with E-state index in [1.165, 1.54) is 0 Å². The van der Waals surface area contributed by atoms with Gasteiger partial charge in [0, 0.05) is 111 Å². The van der Waals surface area contributed by atoms with Gasteiger partial charge in [-0.05, 0) is 279 Å². The maximum absolute atomic E-state index is 12.6. The first-order valence-electron chi connectivity index (χ1n) is 24.3. The third-order valence-corrected chi connectivity index (χ3v) is 32.3. The molecule has 90 heavy (non-hydrogen) atoms. The first-order chi connectivity index (χ1) is 40.4. The van der Waals surface area contributed by atoms with Crippen molar-refractivity contribution in [3.8, 4) is 0 Å². The van der Waals surface area contributed by atoms with Crippen molar-refractivity contribution in [2.75, 3.05) is 0 Å². The Balaban J connectivity index is 0.000000311. The second-order valence-corrected chi connectivity index (χ2v) is 32.7. The average Bonchev–Trinajstić information content (AvgIpc) is 1.63. The molecule has 2 unspecified atom stereocenters. The largest absolute Gasteiger partial charge is 0.480 e. The summed E-state index contributed by atoms with van der Waals surface area (Å²) in [7, 11) is 0. The van der Waals surface area contributed by atoms with Crippen LogP contribution < -0.4 is 0 Å². The minimum Gasteiger partial charge on any atom is -0.480 e. The molecule has 4 aromatic carbocycles. The van der Waals surface area contributed by atoms with Crippen LogP contribution in [0.15, 0.2) is 71.6 Å². The summed E-state index contributed by atoms with van der Waals surface area (Å²) in [6, 6.07) is -4.87. The van der Waals surface area contributed by atoms with Gasteiger partial charge in [0.1, 0.15) is 24.2 Å². The molecule has 8 amide bonds. The van der Waals surface area contributed by atoms with Crippen molar-refractivity contribution in [2.45, 2.75) is 79.6 Å². The van der Waals surface area contributed by atoms with E-state index in [1.54, 1.807) is 55.4 Å². The molecule has 4 aromatic rings. The smallest absolute Gasteiger partial charge is 0.327 e. The standard InChI is InChI=1S/4C13H9Br4NO4.2Rh/c4*1-3(2)10(13(21)22)18-11(19)4-5(12(18)20)7(15)9(17)8(16)6(4)14;;/h4*3,10H,1-2H3,(H,21,22);;/t2*10-;;;;/m00..../s1. The van der Waals surface area contributed by atoms with Crippen LogP contribution in [0.2, 0.25) is 0 Å². The minimum absolute atomic E-state index is 0. The number of halogens is 16. The maximum Gasteiger partial charge on any atom is 0.327 e. The Morgan fingerprint density at radius 3 is 0.389 bits per heavy atom. The van der Waals surface area contributed by atoms with E-state index in [0.717, 1.165) is 19.6 Å². The van der Waals surface area contributed by atoms with Gasteiger partial charge in [-0.15, -0.1) is 0 Å². The Bertz CT molecular complexity index is 3180. The number of nitrogens with zero attached hydrogens (tertiary/aromatic N) is 4. The van der Waals surface area contributed by atoms with Crippen molar-refractivity contribution >= 4 is 326 Å². The van der Waals surface area contributed by atoms with Gasteiger partial charge in [-0.1, -0.05) is 55.4 Å². The van der Waals surface area contributed by atoms with Gasteiger partial charge in [-0.25, -0.2) is 19.2 Å². The van der Waals surface area contributed by atoms with Crippen molar-refractivity contribution in [2.24, 2.45) is 23.7 Å². The van der Waals surface area contributed by atoms with Gasteiger partial charge in [-0.3, -0.25) is 58.0 Å². The van der Waals surface area contributed by atoms with Crippen LogP contribution in [0.4, 0.5) is 0 Å². The second kappa shape index (κ2) is 33.4. The first-order valence-corrected chi connectivity index (χ1v) is 37.0. The van der Waals surface area contributed by atoms with Crippen molar-refractivity contribution in [1.82, 2.24) is 19.6 Å². The Kier molecular flexibility index (Phi) is 31.4. The molecular formula is C52H36Br16N4O16Rh2. The van der Waals surface area contributed by atoms with Crippen LogP contribution in [-0.2, 0) is 58.1 Å². The molecule has 0 saturated carbocycles. The van der Waals surface area contributed by atoms with E-state index >= 15 is 0 Å². The molecule has 4 N–H and O–H groups in total. The van der Waals surface area contributed by atoms with Gasteiger partial charge in [0.05, 0.1) is 44.5 Å². The van der Waals surface area contributed by atoms with Gasteiger partial charge in [-0.2, -0.15) is 0 Å². The van der Waals surface area contributed by atoms with Crippen LogP contribution >= 0.6 is 255 Å². The summed E-state index contributed by atoms with van der Waals surface area (Å²) in [4.78, 5) is 150. The molecule has 20 nitrogen and oxygen atoms in total. The van der Waals surface area contributed by atoms with E-state index in [2.05, 4.69) is 255 Å². The number of hydrogen-bond acceptors (Lipinski definition) is 12. The number of carboxylic acids is 4. The third-order valence-electron chi connectivity index (χ3n) is 13.2. The summed E-state index contributed by atoms with van der Waals surface area (Å²) in [5.41, 5.74) is 1.21. The number of imide groups is 4. The van der Waals surface area contributed by atoms with Crippen molar-refractivity contribution in [3.63, 3.8) is 0 Å². The second-order valence-electron chi connectivity index (χ2n) is 20.1. The minimum atomic E-state index is -1.22. The summed E-state index contributed by atoms with van der Waals surface area (Å²) in [6.07, 6.45) is 0. The number of carbonyl (C=O) groups is 12. The summed E-state index contributed by atoms with van der Waals surface area (Å²) in [6.45, 7) is 13.2. The number of aliphatic carboxylic acids is 4. The van der Waals surface area contributed by atoms with E-state index in [4.69, 9.17) is 0 Å². The number of carbonyl (C=O) groups excluding carboxylic acids is 8. The van der Waals surface area contributed by atoms with E-state index < -0.39 is 119 Å². The Morgan fingerprint density at radius 2 is 0.322 bits per heavy atom. The Labute approximate surface area is 672 Å². The summed E-state index contributed by atoms with van der Waals surface area (Å²) in [5.74, 6) is -11.5. The van der Waals surface area contributed by atoms with Crippen LogP contribution in [0.5, 0.6) is 0 Å². The van der Waals surface area contributed by atoms with E-state index in [-0.39, 0.29) is 83.5 Å². The molecule has 490 valence electrons. The zero-order chi connectivity index (χ0) is 67.7. The predicted octanol–water partition coefficient (Wildman–Crippen LogP) is 17.8. The monoisotopic (exact) mass is 2440 g/mol. The zero-order valence-electron chi connectivity index (χ0n) is 45.8. The van der Waals surface area contributed by atoms with Crippen LogP contribution in [0.1, 0.15) is 138 Å². The molecule has 4 heterocycles. The zero-order valence-corrected chi connectivity index (χ0v) is 74.5. The van der Waals surface area contributed by atoms with Gasteiger partial charge < -0.3 is 20.4 Å².